The number of methoxy groups -OCH3 is 1. The van der Waals surface area contributed by atoms with Gasteiger partial charge in [-0.25, -0.2) is 9.50 Å². The van der Waals surface area contributed by atoms with E-state index in [4.69, 9.17) is 4.74 Å². The van der Waals surface area contributed by atoms with Crippen LogP contribution in [0.4, 0.5) is 26.3 Å². The highest BCUT2D eigenvalue weighted by atomic mass is 32.1. The first kappa shape index (κ1) is 20.0. The van der Waals surface area contributed by atoms with Crippen molar-refractivity contribution < 1.29 is 35.9 Å². The summed E-state index contributed by atoms with van der Waals surface area (Å²) < 4.78 is 83.4. The number of fused-ring (bicyclic) bond motifs is 1. The molecule has 0 saturated carbocycles. The van der Waals surface area contributed by atoms with Gasteiger partial charge in [0.2, 0.25) is 4.96 Å². The zero-order chi connectivity index (χ0) is 20.0. The summed E-state index contributed by atoms with van der Waals surface area (Å²) in [6.07, 6.45) is -10.6. The van der Waals surface area contributed by atoms with Crippen LogP contribution >= 0.6 is 11.3 Å². The fraction of sp³-hybridized carbons (Fsp3) is 0.643. The summed E-state index contributed by atoms with van der Waals surface area (Å²) in [4.78, 5) is 16.6. The summed E-state index contributed by atoms with van der Waals surface area (Å²) in [6, 6.07) is 0. The Morgan fingerprint density at radius 2 is 1.96 bits per heavy atom. The molecule has 1 atom stereocenters. The number of ether oxygens (including phenoxy) is 1. The fourth-order valence-electron chi connectivity index (χ4n) is 3.00. The average Bonchev–Trinajstić information content (AvgIpc) is 3.13. The molecule has 2 aromatic rings. The Hall–Kier alpha value is -1.73. The molecule has 2 aromatic heterocycles. The number of carbonyl (C=O) groups excluding carboxylic acids is 1. The van der Waals surface area contributed by atoms with E-state index in [-0.39, 0.29) is 36.9 Å². The maximum absolute atomic E-state index is 13.3. The lowest BCUT2D eigenvalue weighted by Gasteiger charge is -2.16. The third kappa shape index (κ3) is 4.41. The van der Waals surface area contributed by atoms with E-state index in [1.807, 2.05) is 0 Å². The topological polar surface area (TPSA) is 59.7 Å². The van der Waals surface area contributed by atoms with Crippen LogP contribution < -0.4 is 0 Å². The SMILES string of the molecule is COCc1nn2c(CN3CC(=O)[C@@H](CC(F)(F)F)C3)c(C(F)(F)F)nc2s1. The molecule has 1 fully saturated rings. The second kappa shape index (κ2) is 7.02. The summed E-state index contributed by atoms with van der Waals surface area (Å²) in [6.45, 7) is -0.908. The first-order valence-corrected chi connectivity index (χ1v) is 8.55. The van der Waals surface area contributed by atoms with Crippen LogP contribution in [0.1, 0.15) is 22.8 Å². The minimum Gasteiger partial charge on any atom is -0.377 e. The highest BCUT2D eigenvalue weighted by molar-refractivity contribution is 7.16. The normalized spacial score (nSPS) is 19.5. The van der Waals surface area contributed by atoms with Gasteiger partial charge in [-0.2, -0.15) is 31.4 Å². The van der Waals surface area contributed by atoms with Crippen LogP contribution in [0.15, 0.2) is 0 Å². The van der Waals surface area contributed by atoms with Crippen LogP contribution in [-0.2, 0) is 28.9 Å². The average molecular weight is 416 g/mol. The molecule has 0 aliphatic carbocycles. The molecule has 0 bridgehead atoms. The van der Waals surface area contributed by atoms with Crippen LogP contribution in [0.2, 0.25) is 0 Å². The summed E-state index contributed by atoms with van der Waals surface area (Å²) in [5.41, 5.74) is -1.46. The molecule has 6 nitrogen and oxygen atoms in total. The van der Waals surface area contributed by atoms with Crippen LogP contribution in [-0.4, -0.2) is 51.7 Å². The van der Waals surface area contributed by atoms with Gasteiger partial charge in [0.05, 0.1) is 25.3 Å². The zero-order valence-corrected chi connectivity index (χ0v) is 14.7. The summed E-state index contributed by atoms with van der Waals surface area (Å²) in [7, 11) is 1.41. The molecule has 0 spiro atoms. The van der Waals surface area contributed by atoms with Crippen molar-refractivity contribution in [1.82, 2.24) is 19.5 Å². The second-order valence-corrected chi connectivity index (χ2v) is 7.22. The largest absolute Gasteiger partial charge is 0.435 e. The molecule has 0 radical (unpaired) electrons. The molecule has 1 aliphatic heterocycles. The molecule has 1 saturated heterocycles. The van der Waals surface area contributed by atoms with Gasteiger partial charge in [0.1, 0.15) is 5.01 Å². The maximum atomic E-state index is 13.3. The summed E-state index contributed by atoms with van der Waals surface area (Å²) in [5.74, 6) is -1.91. The van der Waals surface area contributed by atoms with Gasteiger partial charge < -0.3 is 4.74 Å². The highest BCUT2D eigenvalue weighted by Gasteiger charge is 2.43. The van der Waals surface area contributed by atoms with Gasteiger partial charge in [0, 0.05) is 26.1 Å². The van der Waals surface area contributed by atoms with E-state index < -0.39 is 36.2 Å². The number of hydrogen-bond acceptors (Lipinski definition) is 6. The van der Waals surface area contributed by atoms with Crippen molar-refractivity contribution in [2.45, 2.75) is 31.9 Å². The first-order valence-electron chi connectivity index (χ1n) is 7.73. The van der Waals surface area contributed by atoms with E-state index in [2.05, 4.69) is 10.1 Å². The van der Waals surface area contributed by atoms with E-state index in [0.717, 1.165) is 15.9 Å². The smallest absolute Gasteiger partial charge is 0.377 e. The second-order valence-electron chi connectivity index (χ2n) is 6.18. The molecular weight excluding hydrogens is 402 g/mol. The molecule has 3 rings (SSSR count). The number of rotatable bonds is 5. The molecule has 0 unspecified atom stereocenters. The fourth-order valence-corrected chi connectivity index (χ4v) is 3.88. The number of nitrogens with zero attached hydrogens (tertiary/aromatic N) is 4. The molecule has 0 aromatic carbocycles. The lowest BCUT2D eigenvalue weighted by Crippen LogP contribution is -2.25. The minimum absolute atomic E-state index is 0.00161. The van der Waals surface area contributed by atoms with Gasteiger partial charge in [0.25, 0.3) is 0 Å². The van der Waals surface area contributed by atoms with E-state index in [9.17, 15) is 31.1 Å². The Morgan fingerprint density at radius 1 is 1.26 bits per heavy atom. The quantitative estimate of drug-likeness (QED) is 0.702. The lowest BCUT2D eigenvalue weighted by molar-refractivity contribution is -0.150. The van der Waals surface area contributed by atoms with Crippen molar-refractivity contribution in [3.63, 3.8) is 0 Å². The Balaban J connectivity index is 1.88. The molecule has 150 valence electrons. The summed E-state index contributed by atoms with van der Waals surface area (Å²) in [5, 5.41) is 4.44. The molecule has 0 N–H and O–H groups in total. The lowest BCUT2D eigenvalue weighted by atomic mass is 10.0. The molecule has 1 aliphatic rings. The predicted molar refractivity (Wildman–Crippen MR) is 81.0 cm³/mol. The number of carbonyl (C=O) groups is 1. The van der Waals surface area contributed by atoms with Crippen LogP contribution in [0.3, 0.4) is 0 Å². The standard InChI is InChI=1S/C14H14F6N4O2S/c1-26-6-10-22-24-8(11(14(18,19)20)21-12(24)27-10)4-23-3-7(9(25)5-23)2-13(15,16)17/h7H,2-6H2,1H3/t7-/m0/s1. The van der Waals surface area contributed by atoms with Gasteiger partial charge in [-0.05, 0) is 0 Å². The number of imidazole rings is 1. The third-order valence-corrected chi connectivity index (χ3v) is 4.92. The van der Waals surface area contributed by atoms with Crippen LogP contribution in [0.25, 0.3) is 4.96 Å². The van der Waals surface area contributed by atoms with Crippen molar-refractivity contribution in [3.8, 4) is 0 Å². The highest BCUT2D eigenvalue weighted by Crippen LogP contribution is 2.35. The Labute approximate surface area is 152 Å². The first-order chi connectivity index (χ1) is 12.5. The van der Waals surface area contributed by atoms with Crippen molar-refractivity contribution in [3.05, 3.63) is 16.4 Å². The van der Waals surface area contributed by atoms with E-state index in [1.54, 1.807) is 0 Å². The number of likely N-dealkylation sites (tertiary alicyclic amines) is 1. The monoisotopic (exact) mass is 416 g/mol. The van der Waals surface area contributed by atoms with Gasteiger partial charge in [-0.3, -0.25) is 9.69 Å². The van der Waals surface area contributed by atoms with Crippen molar-refractivity contribution in [2.24, 2.45) is 5.92 Å². The van der Waals surface area contributed by atoms with E-state index in [1.165, 1.54) is 12.0 Å². The number of Topliss-reactive ketones (excluding diaryl/α,β-unsaturated/α-hetero) is 1. The van der Waals surface area contributed by atoms with Crippen LogP contribution in [0.5, 0.6) is 0 Å². The van der Waals surface area contributed by atoms with Crippen molar-refractivity contribution in [2.75, 3.05) is 20.2 Å². The van der Waals surface area contributed by atoms with Crippen molar-refractivity contribution in [1.29, 1.82) is 0 Å². The summed E-state index contributed by atoms with van der Waals surface area (Å²) >= 11 is 0.921. The number of aromatic nitrogens is 3. The Bertz CT molecular complexity index is 843. The van der Waals surface area contributed by atoms with Crippen LogP contribution in [0, 0.1) is 5.92 Å². The zero-order valence-electron chi connectivity index (χ0n) is 13.9. The number of halogens is 6. The molecular formula is C14H14F6N4O2S. The van der Waals surface area contributed by atoms with E-state index >= 15 is 0 Å². The number of ketones is 1. The Morgan fingerprint density at radius 3 is 2.56 bits per heavy atom. The van der Waals surface area contributed by atoms with Gasteiger partial charge >= 0.3 is 12.4 Å². The molecule has 13 heteroatoms. The molecule has 3 heterocycles. The minimum atomic E-state index is -4.75. The molecule has 27 heavy (non-hydrogen) atoms. The Kier molecular flexibility index (Phi) is 5.20. The van der Waals surface area contributed by atoms with Gasteiger partial charge in [-0.15, -0.1) is 0 Å². The van der Waals surface area contributed by atoms with Crippen molar-refractivity contribution >= 4 is 22.1 Å². The number of alkyl halides is 6. The maximum Gasteiger partial charge on any atom is 0.435 e. The van der Waals surface area contributed by atoms with Gasteiger partial charge in [-0.1, -0.05) is 11.3 Å². The van der Waals surface area contributed by atoms with Gasteiger partial charge in [0.15, 0.2) is 11.5 Å². The van der Waals surface area contributed by atoms with E-state index in [0.29, 0.717) is 5.01 Å². The molecule has 0 amide bonds. The predicted octanol–water partition coefficient (Wildman–Crippen LogP) is 2.91. The number of hydrogen-bond donors (Lipinski definition) is 0. The third-order valence-electron chi connectivity index (χ3n) is 4.04.